The second-order valence-electron chi connectivity index (χ2n) is 8.32. The average molecular weight is 515 g/mol. The molecule has 1 aliphatic rings. The molecule has 0 bridgehead atoms. The van der Waals surface area contributed by atoms with Crippen molar-refractivity contribution < 1.29 is 19.4 Å². The lowest BCUT2D eigenvalue weighted by Crippen LogP contribution is -2.30. The maximum absolute atomic E-state index is 13.1. The minimum Gasteiger partial charge on any atom is -0.496 e. The molecule has 8 heteroatoms. The quantitative estimate of drug-likeness (QED) is 0.233. The summed E-state index contributed by atoms with van der Waals surface area (Å²) in [4.78, 5) is 29.6. The molecule has 2 heterocycles. The Morgan fingerprint density at radius 3 is 2.67 bits per heavy atom. The number of aromatic carboxylic acids is 1. The van der Waals surface area contributed by atoms with Crippen LogP contribution in [0.15, 0.2) is 77.8 Å². The van der Waals surface area contributed by atoms with Gasteiger partial charge in [0.25, 0.3) is 5.91 Å². The van der Waals surface area contributed by atoms with Gasteiger partial charge in [0.1, 0.15) is 10.1 Å². The molecule has 36 heavy (non-hydrogen) atoms. The molecule has 1 fully saturated rings. The number of benzene rings is 3. The summed E-state index contributed by atoms with van der Waals surface area (Å²) in [6, 6.07) is 20.7. The third kappa shape index (κ3) is 4.78. The van der Waals surface area contributed by atoms with Gasteiger partial charge in [-0.2, -0.15) is 0 Å². The molecule has 6 nitrogen and oxygen atoms in total. The summed E-state index contributed by atoms with van der Waals surface area (Å²) in [5, 5.41) is 10.2. The van der Waals surface area contributed by atoms with Gasteiger partial charge in [0, 0.05) is 23.8 Å². The molecule has 5 rings (SSSR count). The molecule has 0 spiro atoms. The van der Waals surface area contributed by atoms with Crippen molar-refractivity contribution in [2.45, 2.75) is 6.42 Å². The zero-order valence-electron chi connectivity index (χ0n) is 19.4. The van der Waals surface area contributed by atoms with E-state index >= 15 is 0 Å². The van der Waals surface area contributed by atoms with Crippen LogP contribution in [0.25, 0.3) is 28.1 Å². The summed E-state index contributed by atoms with van der Waals surface area (Å²) in [5.41, 5.74) is 5.04. The first-order valence-electron chi connectivity index (χ1n) is 11.3. The maximum atomic E-state index is 13.1. The minimum absolute atomic E-state index is 0.127. The Morgan fingerprint density at radius 1 is 1.11 bits per heavy atom. The smallest absolute Gasteiger partial charge is 0.335 e. The highest BCUT2D eigenvalue weighted by Crippen LogP contribution is 2.36. The Kier molecular flexibility index (Phi) is 6.63. The number of nitrogens with zero attached hydrogens (tertiary/aromatic N) is 1. The molecular formula is C28H22N2O4S2. The van der Waals surface area contributed by atoms with Gasteiger partial charge in [0.05, 0.1) is 17.6 Å². The van der Waals surface area contributed by atoms with Crippen molar-refractivity contribution in [1.29, 1.82) is 0 Å². The van der Waals surface area contributed by atoms with Gasteiger partial charge in [-0.25, -0.2) is 4.79 Å². The van der Waals surface area contributed by atoms with E-state index < -0.39 is 5.97 Å². The highest BCUT2D eigenvalue weighted by molar-refractivity contribution is 8.26. The Balaban J connectivity index is 1.36. The molecule has 2 N–H and O–H groups in total. The average Bonchev–Trinajstić information content (AvgIpc) is 3.46. The summed E-state index contributed by atoms with van der Waals surface area (Å²) >= 11 is 6.77. The van der Waals surface area contributed by atoms with E-state index in [9.17, 15) is 9.59 Å². The van der Waals surface area contributed by atoms with Crippen LogP contribution in [-0.4, -0.2) is 44.8 Å². The van der Waals surface area contributed by atoms with E-state index in [0.717, 1.165) is 38.9 Å². The molecule has 0 saturated carbocycles. The van der Waals surface area contributed by atoms with Crippen molar-refractivity contribution in [3.8, 4) is 16.9 Å². The standard InChI is InChI=1S/C28H22N2O4S2/c1-34-24-9-4-18(14-22(24)21-8-7-19-10-12-29-23(19)16-21)15-25-26(31)30(28(35)36-25)13-11-17-2-5-20(6-3-17)27(32)33/h2-10,12,14-16,29H,11,13H2,1H3,(H,32,33). The lowest BCUT2D eigenvalue weighted by molar-refractivity contribution is -0.122. The van der Waals surface area contributed by atoms with Crippen LogP contribution in [0.4, 0.5) is 0 Å². The number of H-pyrrole nitrogens is 1. The monoisotopic (exact) mass is 514 g/mol. The number of thioether (sulfide) groups is 1. The molecule has 1 amide bonds. The van der Waals surface area contributed by atoms with Gasteiger partial charge in [0.15, 0.2) is 0 Å². The summed E-state index contributed by atoms with van der Waals surface area (Å²) in [6.07, 6.45) is 4.35. The van der Waals surface area contributed by atoms with Gasteiger partial charge in [-0.3, -0.25) is 9.69 Å². The number of aromatic amines is 1. The van der Waals surface area contributed by atoms with Gasteiger partial charge < -0.3 is 14.8 Å². The normalized spacial score (nSPS) is 14.7. The summed E-state index contributed by atoms with van der Waals surface area (Å²) in [7, 11) is 1.64. The highest BCUT2D eigenvalue weighted by Gasteiger charge is 2.31. The number of ether oxygens (including phenoxy) is 1. The number of amides is 1. The second-order valence-corrected chi connectivity index (χ2v) is 10.0. The van der Waals surface area contributed by atoms with Crippen LogP contribution in [0.1, 0.15) is 21.5 Å². The fourth-order valence-electron chi connectivity index (χ4n) is 4.16. The number of fused-ring (bicyclic) bond motifs is 1. The van der Waals surface area contributed by atoms with Gasteiger partial charge in [0.2, 0.25) is 0 Å². The number of carbonyl (C=O) groups is 2. The van der Waals surface area contributed by atoms with Gasteiger partial charge in [-0.15, -0.1) is 0 Å². The minimum atomic E-state index is -0.963. The van der Waals surface area contributed by atoms with Crippen molar-refractivity contribution in [3.05, 3.63) is 94.5 Å². The Bertz CT molecular complexity index is 1520. The first kappa shape index (κ1) is 23.8. The van der Waals surface area contributed by atoms with Crippen LogP contribution in [0, 0.1) is 0 Å². The topological polar surface area (TPSA) is 82.6 Å². The number of thiocarbonyl (C=S) groups is 1. The number of carbonyl (C=O) groups excluding carboxylic acids is 1. The first-order valence-corrected chi connectivity index (χ1v) is 12.5. The van der Waals surface area contributed by atoms with Crippen LogP contribution in [0.2, 0.25) is 0 Å². The lowest BCUT2D eigenvalue weighted by atomic mass is 10.0. The van der Waals surface area contributed by atoms with Crippen molar-refractivity contribution in [3.63, 3.8) is 0 Å². The molecule has 0 atom stereocenters. The summed E-state index contributed by atoms with van der Waals surface area (Å²) in [5.74, 6) is -0.341. The van der Waals surface area contributed by atoms with Gasteiger partial charge >= 0.3 is 5.97 Å². The maximum Gasteiger partial charge on any atom is 0.335 e. The first-order chi connectivity index (χ1) is 17.4. The fourth-order valence-corrected chi connectivity index (χ4v) is 5.46. The highest BCUT2D eigenvalue weighted by atomic mass is 32.2. The third-order valence-corrected chi connectivity index (χ3v) is 7.46. The van der Waals surface area contributed by atoms with Gasteiger partial charge in [-0.1, -0.05) is 54.3 Å². The van der Waals surface area contributed by atoms with Crippen molar-refractivity contribution in [2.24, 2.45) is 0 Å². The van der Waals surface area contributed by atoms with Crippen molar-refractivity contribution in [2.75, 3.05) is 13.7 Å². The zero-order valence-corrected chi connectivity index (χ0v) is 21.0. The molecule has 0 unspecified atom stereocenters. The predicted octanol–water partition coefficient (Wildman–Crippen LogP) is 5.99. The van der Waals surface area contributed by atoms with Crippen LogP contribution in [0.5, 0.6) is 5.75 Å². The number of methoxy groups -OCH3 is 1. The second kappa shape index (κ2) is 10.0. The van der Waals surface area contributed by atoms with E-state index in [4.69, 9.17) is 22.1 Å². The number of hydrogen-bond donors (Lipinski definition) is 2. The summed E-state index contributed by atoms with van der Waals surface area (Å²) < 4.78 is 6.12. The van der Waals surface area contributed by atoms with Crippen LogP contribution >= 0.6 is 24.0 Å². The third-order valence-electron chi connectivity index (χ3n) is 6.09. The Hall–Kier alpha value is -3.88. The number of carboxylic acids is 1. The van der Waals surface area contributed by atoms with Crippen LogP contribution in [0.3, 0.4) is 0 Å². The number of hydrogen-bond acceptors (Lipinski definition) is 5. The van der Waals surface area contributed by atoms with Crippen molar-refractivity contribution >= 4 is 57.2 Å². The molecule has 180 valence electrons. The van der Waals surface area contributed by atoms with Crippen molar-refractivity contribution in [1.82, 2.24) is 9.88 Å². The van der Waals surface area contributed by atoms with Gasteiger partial charge in [-0.05, 0) is 71.0 Å². The van der Waals surface area contributed by atoms with E-state index in [2.05, 4.69) is 23.2 Å². The van der Waals surface area contributed by atoms with E-state index in [1.165, 1.54) is 11.8 Å². The summed E-state index contributed by atoms with van der Waals surface area (Å²) in [6.45, 7) is 0.429. The van der Waals surface area contributed by atoms with E-state index in [1.807, 2.05) is 36.5 Å². The predicted molar refractivity (Wildman–Crippen MR) is 147 cm³/mol. The van der Waals surface area contributed by atoms with E-state index in [1.54, 1.807) is 36.3 Å². The van der Waals surface area contributed by atoms with Crippen LogP contribution < -0.4 is 4.74 Å². The molecule has 0 aliphatic carbocycles. The Labute approximate surface area is 217 Å². The van der Waals surface area contributed by atoms with E-state index in [0.29, 0.717) is 22.2 Å². The molecule has 3 aromatic carbocycles. The molecule has 1 aromatic heterocycles. The largest absolute Gasteiger partial charge is 0.496 e. The molecule has 1 saturated heterocycles. The van der Waals surface area contributed by atoms with E-state index in [-0.39, 0.29) is 11.5 Å². The fraction of sp³-hybridized carbons (Fsp3) is 0.107. The molecule has 0 radical (unpaired) electrons. The molecular weight excluding hydrogens is 492 g/mol. The zero-order chi connectivity index (χ0) is 25.2. The Morgan fingerprint density at radius 2 is 1.92 bits per heavy atom. The van der Waals surface area contributed by atoms with Crippen LogP contribution in [-0.2, 0) is 11.2 Å². The number of nitrogens with one attached hydrogen (secondary N) is 1. The SMILES string of the molecule is COc1ccc(C=C2SC(=S)N(CCc3ccc(C(=O)O)cc3)C2=O)cc1-c1ccc2cc[nH]c2c1. The number of carboxylic acid groups (broad SMARTS) is 1. The number of rotatable bonds is 7. The molecule has 4 aromatic rings. The lowest BCUT2D eigenvalue weighted by Gasteiger charge is -2.14. The number of aromatic nitrogens is 1. The molecule has 1 aliphatic heterocycles.